The Labute approximate surface area is 121 Å². The standard InChI is InChI=1S/C13H25N3O2S/c1-13(18-3)6-4-7-16(10-13)9-12(17)15(2)8-5-11(14)19/h4-10H2,1-3H3,(H2,14,19). The molecule has 1 atom stereocenters. The van der Waals surface area contributed by atoms with Crippen molar-refractivity contribution in [2.45, 2.75) is 31.8 Å². The highest BCUT2D eigenvalue weighted by Crippen LogP contribution is 2.23. The van der Waals surface area contributed by atoms with E-state index in [9.17, 15) is 4.79 Å². The van der Waals surface area contributed by atoms with E-state index in [1.807, 2.05) is 0 Å². The van der Waals surface area contributed by atoms with Crippen LogP contribution in [0.3, 0.4) is 0 Å². The SMILES string of the molecule is COC1(C)CCCN(CC(=O)N(C)CCC(N)=S)C1. The first kappa shape index (κ1) is 16.3. The Kier molecular flexibility index (Phi) is 6.16. The van der Waals surface area contributed by atoms with E-state index in [2.05, 4.69) is 11.8 Å². The van der Waals surface area contributed by atoms with Crippen molar-refractivity contribution in [3.63, 3.8) is 0 Å². The monoisotopic (exact) mass is 287 g/mol. The lowest BCUT2D eigenvalue weighted by atomic mass is 9.95. The molecule has 1 rings (SSSR count). The van der Waals surface area contributed by atoms with Crippen molar-refractivity contribution < 1.29 is 9.53 Å². The number of likely N-dealkylation sites (tertiary alicyclic amines) is 1. The van der Waals surface area contributed by atoms with Crippen molar-refractivity contribution in [2.75, 3.05) is 40.3 Å². The van der Waals surface area contributed by atoms with Gasteiger partial charge in [0.15, 0.2) is 0 Å². The number of carbonyl (C=O) groups is 1. The summed E-state index contributed by atoms with van der Waals surface area (Å²) in [5, 5.41) is 0. The summed E-state index contributed by atoms with van der Waals surface area (Å²) < 4.78 is 5.53. The van der Waals surface area contributed by atoms with Crippen LogP contribution in [0.5, 0.6) is 0 Å². The highest BCUT2D eigenvalue weighted by molar-refractivity contribution is 7.80. The van der Waals surface area contributed by atoms with Crippen LogP contribution in [0.1, 0.15) is 26.2 Å². The summed E-state index contributed by atoms with van der Waals surface area (Å²) in [4.78, 5) is 16.4. The third kappa shape index (κ3) is 5.42. The van der Waals surface area contributed by atoms with E-state index >= 15 is 0 Å². The summed E-state index contributed by atoms with van der Waals surface area (Å²) in [6, 6.07) is 0. The molecule has 2 N–H and O–H groups in total. The first-order valence-electron chi connectivity index (χ1n) is 6.66. The van der Waals surface area contributed by atoms with Gasteiger partial charge in [0, 0.05) is 33.7 Å². The number of carbonyl (C=O) groups excluding carboxylic acids is 1. The van der Waals surface area contributed by atoms with Gasteiger partial charge in [-0.05, 0) is 26.3 Å². The predicted molar refractivity (Wildman–Crippen MR) is 80.1 cm³/mol. The molecule has 1 aliphatic rings. The molecule has 0 saturated carbocycles. The second-order valence-electron chi connectivity index (χ2n) is 5.50. The lowest BCUT2D eigenvalue weighted by Crippen LogP contribution is -2.50. The number of nitrogens with zero attached hydrogens (tertiary/aromatic N) is 2. The number of rotatable bonds is 6. The Balaban J connectivity index is 2.41. The molecule has 110 valence electrons. The van der Waals surface area contributed by atoms with E-state index in [0.717, 1.165) is 25.9 Å². The van der Waals surface area contributed by atoms with Crippen LogP contribution in [-0.4, -0.2) is 66.6 Å². The molecule has 1 fully saturated rings. The van der Waals surface area contributed by atoms with Crippen LogP contribution in [0.15, 0.2) is 0 Å². The summed E-state index contributed by atoms with van der Waals surface area (Å²) in [6.45, 7) is 4.88. The minimum atomic E-state index is -0.129. The van der Waals surface area contributed by atoms with Gasteiger partial charge in [-0.3, -0.25) is 9.69 Å². The minimum Gasteiger partial charge on any atom is -0.393 e. The highest BCUT2D eigenvalue weighted by Gasteiger charge is 2.31. The molecule has 1 unspecified atom stereocenters. The fourth-order valence-electron chi connectivity index (χ4n) is 2.32. The molecule has 0 bridgehead atoms. The summed E-state index contributed by atoms with van der Waals surface area (Å²) in [5.74, 6) is 0.108. The van der Waals surface area contributed by atoms with Crippen molar-refractivity contribution in [3.05, 3.63) is 0 Å². The maximum absolute atomic E-state index is 12.1. The Morgan fingerprint density at radius 1 is 1.58 bits per heavy atom. The first-order chi connectivity index (χ1) is 8.86. The Morgan fingerprint density at radius 2 is 2.26 bits per heavy atom. The molecule has 1 amide bonds. The number of amides is 1. The third-order valence-corrected chi connectivity index (χ3v) is 3.91. The maximum atomic E-state index is 12.1. The fourth-order valence-corrected chi connectivity index (χ4v) is 2.42. The average Bonchev–Trinajstić information content (AvgIpc) is 2.36. The Hall–Kier alpha value is -0.720. The van der Waals surface area contributed by atoms with Crippen molar-refractivity contribution in [3.8, 4) is 0 Å². The highest BCUT2D eigenvalue weighted by atomic mass is 32.1. The van der Waals surface area contributed by atoms with Crippen molar-refractivity contribution >= 4 is 23.1 Å². The molecule has 0 spiro atoms. The quantitative estimate of drug-likeness (QED) is 0.726. The van der Waals surface area contributed by atoms with E-state index in [1.54, 1.807) is 19.1 Å². The molecule has 5 nitrogen and oxygen atoms in total. The van der Waals surface area contributed by atoms with Crippen LogP contribution >= 0.6 is 12.2 Å². The third-order valence-electron chi connectivity index (χ3n) is 3.71. The average molecular weight is 287 g/mol. The van der Waals surface area contributed by atoms with Gasteiger partial charge >= 0.3 is 0 Å². The second-order valence-corrected chi connectivity index (χ2v) is 6.02. The topological polar surface area (TPSA) is 58.8 Å². The van der Waals surface area contributed by atoms with Crippen LogP contribution < -0.4 is 5.73 Å². The van der Waals surface area contributed by atoms with E-state index in [0.29, 0.717) is 24.5 Å². The van der Waals surface area contributed by atoms with E-state index in [4.69, 9.17) is 22.7 Å². The van der Waals surface area contributed by atoms with Gasteiger partial charge in [-0.25, -0.2) is 0 Å². The number of piperidine rings is 1. The molecule has 0 radical (unpaired) electrons. The van der Waals surface area contributed by atoms with Gasteiger partial charge in [0.1, 0.15) is 0 Å². The molecular weight excluding hydrogens is 262 g/mol. The predicted octanol–water partition coefficient (Wildman–Crippen LogP) is 0.622. The molecular formula is C13H25N3O2S. The molecule has 1 aliphatic heterocycles. The van der Waals surface area contributed by atoms with Gasteiger partial charge in [0.25, 0.3) is 0 Å². The number of hydrogen-bond donors (Lipinski definition) is 1. The Bertz CT molecular complexity index is 338. The zero-order valence-corrected chi connectivity index (χ0v) is 13.0. The molecule has 0 aromatic rings. The number of thiocarbonyl (C=S) groups is 1. The lowest BCUT2D eigenvalue weighted by Gasteiger charge is -2.39. The van der Waals surface area contributed by atoms with Gasteiger partial charge in [0.2, 0.25) is 5.91 Å². The van der Waals surface area contributed by atoms with Gasteiger partial charge in [-0.1, -0.05) is 12.2 Å². The number of likely N-dealkylation sites (N-methyl/N-ethyl adjacent to an activating group) is 1. The molecule has 19 heavy (non-hydrogen) atoms. The van der Waals surface area contributed by atoms with E-state index in [1.165, 1.54) is 0 Å². The molecule has 0 aromatic heterocycles. The van der Waals surface area contributed by atoms with Gasteiger partial charge in [0.05, 0.1) is 17.1 Å². The molecule has 0 aliphatic carbocycles. The van der Waals surface area contributed by atoms with Crippen LogP contribution in [0.25, 0.3) is 0 Å². The van der Waals surface area contributed by atoms with Crippen molar-refractivity contribution in [1.29, 1.82) is 0 Å². The molecule has 1 saturated heterocycles. The van der Waals surface area contributed by atoms with E-state index in [-0.39, 0.29) is 11.5 Å². The summed E-state index contributed by atoms with van der Waals surface area (Å²) >= 11 is 4.82. The zero-order valence-electron chi connectivity index (χ0n) is 12.1. The van der Waals surface area contributed by atoms with E-state index < -0.39 is 0 Å². The van der Waals surface area contributed by atoms with Crippen molar-refractivity contribution in [1.82, 2.24) is 9.80 Å². The molecule has 1 heterocycles. The normalized spacial score (nSPS) is 24.2. The Morgan fingerprint density at radius 3 is 2.84 bits per heavy atom. The maximum Gasteiger partial charge on any atom is 0.236 e. The van der Waals surface area contributed by atoms with Crippen LogP contribution in [0.4, 0.5) is 0 Å². The largest absolute Gasteiger partial charge is 0.393 e. The molecule has 6 heteroatoms. The number of nitrogens with two attached hydrogens (primary N) is 1. The number of hydrogen-bond acceptors (Lipinski definition) is 4. The second kappa shape index (κ2) is 7.17. The zero-order chi connectivity index (χ0) is 14.5. The van der Waals surface area contributed by atoms with Crippen LogP contribution in [0.2, 0.25) is 0 Å². The smallest absolute Gasteiger partial charge is 0.236 e. The summed E-state index contributed by atoms with van der Waals surface area (Å²) in [7, 11) is 3.53. The number of methoxy groups -OCH3 is 1. The lowest BCUT2D eigenvalue weighted by molar-refractivity contribution is -0.133. The minimum absolute atomic E-state index is 0.108. The summed E-state index contributed by atoms with van der Waals surface area (Å²) in [5.41, 5.74) is 5.32. The van der Waals surface area contributed by atoms with Crippen LogP contribution in [-0.2, 0) is 9.53 Å². The first-order valence-corrected chi connectivity index (χ1v) is 7.07. The fraction of sp³-hybridized carbons (Fsp3) is 0.846. The van der Waals surface area contributed by atoms with Gasteiger partial charge < -0.3 is 15.4 Å². The van der Waals surface area contributed by atoms with Crippen molar-refractivity contribution in [2.24, 2.45) is 5.73 Å². The van der Waals surface area contributed by atoms with Crippen LogP contribution in [0, 0.1) is 0 Å². The van der Waals surface area contributed by atoms with Gasteiger partial charge in [-0.2, -0.15) is 0 Å². The summed E-state index contributed by atoms with van der Waals surface area (Å²) in [6.07, 6.45) is 2.69. The number of ether oxygens (including phenoxy) is 1. The van der Waals surface area contributed by atoms with Gasteiger partial charge in [-0.15, -0.1) is 0 Å². The molecule has 0 aromatic carbocycles.